The monoisotopic (exact) mass is 185 g/mol. The van der Waals surface area contributed by atoms with E-state index < -0.39 is 0 Å². The molecule has 1 nitrogen and oxygen atoms in total. The van der Waals surface area contributed by atoms with Crippen molar-refractivity contribution in [1.82, 2.24) is 0 Å². The fraction of sp³-hybridized carbons (Fsp3) is 0.0769. The van der Waals surface area contributed by atoms with Gasteiger partial charge in [0.1, 0.15) is 0 Å². The van der Waals surface area contributed by atoms with E-state index in [4.69, 9.17) is 5.73 Å². The van der Waals surface area contributed by atoms with Crippen LogP contribution in [0.1, 0.15) is 12.5 Å². The highest BCUT2D eigenvalue weighted by molar-refractivity contribution is 5.52. The van der Waals surface area contributed by atoms with Gasteiger partial charge in [0.05, 0.1) is 0 Å². The lowest BCUT2D eigenvalue weighted by molar-refractivity contribution is 1.51. The van der Waals surface area contributed by atoms with Crippen LogP contribution in [-0.2, 0) is 0 Å². The van der Waals surface area contributed by atoms with Gasteiger partial charge in [0.15, 0.2) is 0 Å². The highest BCUT2D eigenvalue weighted by Crippen LogP contribution is 2.04. The molecule has 1 aromatic carbocycles. The van der Waals surface area contributed by atoms with Crippen LogP contribution < -0.4 is 5.73 Å². The van der Waals surface area contributed by atoms with Crippen LogP contribution in [0.3, 0.4) is 0 Å². The molecule has 0 radical (unpaired) electrons. The first-order valence-corrected chi connectivity index (χ1v) is 4.61. The van der Waals surface area contributed by atoms with E-state index in [9.17, 15) is 0 Å². The summed E-state index contributed by atoms with van der Waals surface area (Å²) in [4.78, 5) is 0. The van der Waals surface area contributed by atoms with Gasteiger partial charge >= 0.3 is 0 Å². The topological polar surface area (TPSA) is 26.0 Å². The van der Waals surface area contributed by atoms with Crippen LogP contribution in [-0.4, -0.2) is 0 Å². The van der Waals surface area contributed by atoms with Crippen molar-refractivity contribution in [3.05, 3.63) is 65.9 Å². The number of hydrogen-bond acceptors (Lipinski definition) is 1. The first-order valence-electron chi connectivity index (χ1n) is 4.61. The minimum absolute atomic E-state index is 1.18. The number of rotatable bonds is 3. The van der Waals surface area contributed by atoms with Crippen LogP contribution in [0.15, 0.2) is 60.3 Å². The summed E-state index contributed by atoms with van der Waals surface area (Å²) in [5.41, 5.74) is 7.62. The Labute approximate surface area is 85.3 Å². The number of nitrogens with two attached hydrogens (primary N) is 1. The molecule has 0 aliphatic heterocycles. The highest BCUT2D eigenvalue weighted by Gasteiger charge is 1.82. The molecule has 0 amide bonds. The molecule has 14 heavy (non-hydrogen) atoms. The van der Waals surface area contributed by atoms with Crippen molar-refractivity contribution in [3.8, 4) is 0 Å². The Morgan fingerprint density at radius 2 is 1.93 bits per heavy atom. The van der Waals surface area contributed by atoms with Gasteiger partial charge in [-0.2, -0.15) is 0 Å². The summed E-state index contributed by atoms with van der Waals surface area (Å²) < 4.78 is 0. The first-order chi connectivity index (χ1) is 6.83. The lowest BCUT2D eigenvalue weighted by Gasteiger charge is -1.91. The minimum atomic E-state index is 1.18. The van der Waals surface area contributed by atoms with E-state index in [1.54, 1.807) is 0 Å². The first kappa shape index (κ1) is 10.3. The second-order valence-corrected chi connectivity index (χ2v) is 3.04. The molecule has 1 aromatic rings. The van der Waals surface area contributed by atoms with E-state index in [0.717, 1.165) is 0 Å². The summed E-state index contributed by atoms with van der Waals surface area (Å²) >= 11 is 0. The zero-order valence-electron chi connectivity index (χ0n) is 8.35. The average molecular weight is 185 g/mol. The molecular formula is C13H15N. The van der Waals surface area contributed by atoms with E-state index in [-0.39, 0.29) is 0 Å². The van der Waals surface area contributed by atoms with Gasteiger partial charge in [-0.1, -0.05) is 54.1 Å². The SMILES string of the molecule is CC(=C/C=C\N)/C=C/c1ccccc1. The van der Waals surface area contributed by atoms with Crippen molar-refractivity contribution >= 4 is 6.08 Å². The molecular weight excluding hydrogens is 170 g/mol. The van der Waals surface area contributed by atoms with Crippen molar-refractivity contribution in [2.24, 2.45) is 5.73 Å². The fourth-order valence-corrected chi connectivity index (χ4v) is 1.05. The molecule has 1 heteroatoms. The summed E-state index contributed by atoms with van der Waals surface area (Å²) in [6.07, 6.45) is 9.47. The van der Waals surface area contributed by atoms with Crippen molar-refractivity contribution in [2.45, 2.75) is 6.92 Å². The molecule has 0 atom stereocenters. The van der Waals surface area contributed by atoms with Crippen molar-refractivity contribution < 1.29 is 0 Å². The fourth-order valence-electron chi connectivity index (χ4n) is 1.05. The molecule has 2 N–H and O–H groups in total. The van der Waals surface area contributed by atoms with Crippen LogP contribution in [0.2, 0.25) is 0 Å². The third-order valence-corrected chi connectivity index (χ3v) is 1.81. The molecule has 0 aliphatic rings. The van der Waals surface area contributed by atoms with Crippen molar-refractivity contribution in [3.63, 3.8) is 0 Å². The maximum Gasteiger partial charge on any atom is -0.00623 e. The van der Waals surface area contributed by atoms with Crippen molar-refractivity contribution in [2.75, 3.05) is 0 Å². The second-order valence-electron chi connectivity index (χ2n) is 3.04. The van der Waals surface area contributed by atoms with Crippen LogP contribution in [0.5, 0.6) is 0 Å². The Kier molecular flexibility index (Phi) is 4.29. The molecule has 0 heterocycles. The normalized spacial score (nSPS) is 12.8. The van der Waals surface area contributed by atoms with Gasteiger partial charge in [-0.3, -0.25) is 0 Å². The van der Waals surface area contributed by atoms with Gasteiger partial charge < -0.3 is 5.73 Å². The van der Waals surface area contributed by atoms with Crippen LogP contribution in [0.25, 0.3) is 6.08 Å². The molecule has 0 unspecified atom stereocenters. The van der Waals surface area contributed by atoms with E-state index in [1.165, 1.54) is 17.3 Å². The summed E-state index contributed by atoms with van der Waals surface area (Å²) in [5.74, 6) is 0. The summed E-state index contributed by atoms with van der Waals surface area (Å²) in [6, 6.07) is 10.2. The quantitative estimate of drug-likeness (QED) is 0.719. The second kappa shape index (κ2) is 5.81. The van der Waals surface area contributed by atoms with Gasteiger partial charge in [0, 0.05) is 0 Å². The molecule has 0 fully saturated rings. The van der Waals surface area contributed by atoms with Crippen LogP contribution in [0.4, 0.5) is 0 Å². The predicted molar refractivity (Wildman–Crippen MR) is 62.6 cm³/mol. The largest absolute Gasteiger partial charge is 0.405 e. The standard InChI is InChI=1S/C13H15N/c1-12(6-5-11-14)9-10-13-7-3-2-4-8-13/h2-11H,14H2,1H3/b10-9+,11-5-,12-6-. The number of allylic oxidation sites excluding steroid dienone is 4. The minimum Gasteiger partial charge on any atom is -0.405 e. The number of benzene rings is 1. The van der Waals surface area contributed by atoms with E-state index >= 15 is 0 Å². The Hall–Kier alpha value is -1.76. The van der Waals surface area contributed by atoms with Gasteiger partial charge in [-0.15, -0.1) is 0 Å². The van der Waals surface area contributed by atoms with Gasteiger partial charge in [0.2, 0.25) is 0 Å². The Morgan fingerprint density at radius 3 is 2.57 bits per heavy atom. The Balaban J connectivity index is 2.65. The third kappa shape index (κ3) is 3.76. The maximum atomic E-state index is 5.23. The average Bonchev–Trinajstić information content (AvgIpc) is 2.25. The maximum absolute atomic E-state index is 5.23. The molecule has 72 valence electrons. The molecule has 1 rings (SSSR count). The molecule has 0 bridgehead atoms. The molecule has 0 spiro atoms. The molecule has 0 saturated heterocycles. The molecule has 0 saturated carbocycles. The third-order valence-electron chi connectivity index (χ3n) is 1.81. The van der Waals surface area contributed by atoms with Crippen LogP contribution >= 0.6 is 0 Å². The van der Waals surface area contributed by atoms with Gasteiger partial charge in [0.25, 0.3) is 0 Å². The number of hydrogen-bond donors (Lipinski definition) is 1. The van der Waals surface area contributed by atoms with E-state index in [1.807, 2.05) is 37.3 Å². The lowest BCUT2D eigenvalue weighted by atomic mass is 10.1. The Morgan fingerprint density at radius 1 is 1.21 bits per heavy atom. The lowest BCUT2D eigenvalue weighted by Crippen LogP contribution is -1.74. The van der Waals surface area contributed by atoms with Crippen molar-refractivity contribution in [1.29, 1.82) is 0 Å². The smallest absolute Gasteiger partial charge is 0.00623 e. The summed E-state index contributed by atoms with van der Waals surface area (Å²) in [5, 5.41) is 0. The Bertz CT molecular complexity index is 345. The summed E-state index contributed by atoms with van der Waals surface area (Å²) in [7, 11) is 0. The zero-order valence-corrected chi connectivity index (χ0v) is 8.35. The van der Waals surface area contributed by atoms with Gasteiger partial charge in [-0.25, -0.2) is 0 Å². The van der Waals surface area contributed by atoms with E-state index in [0.29, 0.717) is 0 Å². The van der Waals surface area contributed by atoms with E-state index in [2.05, 4.69) is 24.3 Å². The van der Waals surface area contributed by atoms with Gasteiger partial charge in [-0.05, 0) is 24.8 Å². The highest BCUT2D eigenvalue weighted by atomic mass is 14.5. The molecule has 0 aromatic heterocycles. The predicted octanol–water partition coefficient (Wildman–Crippen LogP) is 3.12. The zero-order chi connectivity index (χ0) is 10.2. The summed E-state index contributed by atoms with van der Waals surface area (Å²) in [6.45, 7) is 2.04. The van der Waals surface area contributed by atoms with Crippen LogP contribution in [0, 0.1) is 0 Å². The molecule has 0 aliphatic carbocycles.